The highest BCUT2D eigenvalue weighted by Crippen LogP contribution is 2.06. The van der Waals surface area contributed by atoms with E-state index in [1.807, 2.05) is 0 Å². The predicted octanol–water partition coefficient (Wildman–Crippen LogP) is 0.547. The van der Waals surface area contributed by atoms with Crippen LogP contribution in [0.1, 0.15) is 12.8 Å². The Morgan fingerprint density at radius 1 is 1.58 bits per heavy atom. The van der Waals surface area contributed by atoms with Crippen molar-refractivity contribution in [3.05, 3.63) is 0 Å². The zero-order valence-electron chi connectivity index (χ0n) is 6.56. The molecule has 0 aromatic rings. The second-order valence-corrected chi connectivity index (χ2v) is 2.72. The third kappa shape index (κ3) is 2.73. The molecule has 1 aliphatic heterocycles. The molecule has 0 aromatic heterocycles. The number of alkyl halides is 2. The fraction of sp³-hybridized carbons (Fsp3) is 0.857. The van der Waals surface area contributed by atoms with Gasteiger partial charge in [-0.1, -0.05) is 0 Å². The Balaban J connectivity index is 2.24. The van der Waals surface area contributed by atoms with Crippen LogP contribution in [0.3, 0.4) is 0 Å². The Morgan fingerprint density at radius 3 is 2.83 bits per heavy atom. The molecule has 1 fully saturated rings. The fourth-order valence-electron chi connectivity index (χ4n) is 1.12. The van der Waals surface area contributed by atoms with Gasteiger partial charge in [-0.2, -0.15) is 8.78 Å². The van der Waals surface area contributed by atoms with Gasteiger partial charge in [0.15, 0.2) is 0 Å². The number of amides is 1. The molecule has 1 saturated heterocycles. The van der Waals surface area contributed by atoms with Crippen LogP contribution in [0, 0.1) is 0 Å². The van der Waals surface area contributed by atoms with Crippen LogP contribution in [0.15, 0.2) is 0 Å². The SMILES string of the molecule is O=C(N[C@H]1CCCOC1)C(F)F. The number of carbonyl (C=O) groups excluding carboxylic acids is 1. The van der Waals surface area contributed by atoms with E-state index in [1.165, 1.54) is 0 Å². The predicted molar refractivity (Wildman–Crippen MR) is 38.0 cm³/mol. The average molecular weight is 179 g/mol. The Morgan fingerprint density at radius 2 is 2.33 bits per heavy atom. The van der Waals surface area contributed by atoms with Crippen molar-refractivity contribution in [2.75, 3.05) is 13.2 Å². The van der Waals surface area contributed by atoms with Gasteiger partial charge in [-0.05, 0) is 12.8 Å². The van der Waals surface area contributed by atoms with Crippen LogP contribution in [0.2, 0.25) is 0 Å². The van der Waals surface area contributed by atoms with E-state index < -0.39 is 12.3 Å². The van der Waals surface area contributed by atoms with Crippen LogP contribution in [-0.2, 0) is 9.53 Å². The highest BCUT2D eigenvalue weighted by molar-refractivity contribution is 5.79. The molecule has 0 radical (unpaired) electrons. The first kappa shape index (κ1) is 9.38. The van der Waals surface area contributed by atoms with Gasteiger partial charge in [0.1, 0.15) is 0 Å². The molecule has 0 aromatic carbocycles. The molecular weight excluding hydrogens is 168 g/mol. The van der Waals surface area contributed by atoms with Gasteiger partial charge >= 0.3 is 6.43 Å². The maximum atomic E-state index is 11.7. The van der Waals surface area contributed by atoms with Crippen molar-refractivity contribution < 1.29 is 18.3 Å². The Kier molecular flexibility index (Phi) is 3.40. The molecule has 0 saturated carbocycles. The van der Waals surface area contributed by atoms with Crippen molar-refractivity contribution in [1.29, 1.82) is 0 Å². The summed E-state index contributed by atoms with van der Waals surface area (Å²) in [7, 11) is 0. The van der Waals surface area contributed by atoms with E-state index >= 15 is 0 Å². The topological polar surface area (TPSA) is 38.3 Å². The summed E-state index contributed by atoms with van der Waals surface area (Å²) in [5.41, 5.74) is 0. The first-order valence-corrected chi connectivity index (χ1v) is 3.86. The van der Waals surface area contributed by atoms with E-state index in [-0.39, 0.29) is 6.04 Å². The lowest BCUT2D eigenvalue weighted by Gasteiger charge is -2.22. The summed E-state index contributed by atoms with van der Waals surface area (Å²) in [4.78, 5) is 10.5. The highest BCUT2D eigenvalue weighted by Gasteiger charge is 2.21. The summed E-state index contributed by atoms with van der Waals surface area (Å²) in [5.74, 6) is -1.20. The minimum Gasteiger partial charge on any atom is -0.379 e. The van der Waals surface area contributed by atoms with Crippen LogP contribution >= 0.6 is 0 Å². The van der Waals surface area contributed by atoms with Gasteiger partial charge in [0.05, 0.1) is 12.6 Å². The summed E-state index contributed by atoms with van der Waals surface area (Å²) >= 11 is 0. The van der Waals surface area contributed by atoms with Crippen molar-refractivity contribution in [3.8, 4) is 0 Å². The standard InChI is InChI=1S/C7H11F2NO2/c8-6(9)7(11)10-5-2-1-3-12-4-5/h5-6H,1-4H2,(H,10,11)/t5-/m0/s1. The molecule has 1 heterocycles. The summed E-state index contributed by atoms with van der Waals surface area (Å²) < 4.78 is 28.5. The fourth-order valence-corrected chi connectivity index (χ4v) is 1.12. The first-order valence-electron chi connectivity index (χ1n) is 3.86. The molecule has 12 heavy (non-hydrogen) atoms. The van der Waals surface area contributed by atoms with E-state index in [4.69, 9.17) is 4.74 Å². The van der Waals surface area contributed by atoms with E-state index in [2.05, 4.69) is 5.32 Å². The molecule has 0 spiro atoms. The molecule has 0 aliphatic carbocycles. The molecule has 1 aliphatic rings. The lowest BCUT2D eigenvalue weighted by Crippen LogP contribution is -2.43. The summed E-state index contributed by atoms with van der Waals surface area (Å²) in [5, 5.41) is 2.20. The van der Waals surface area contributed by atoms with Crippen LogP contribution in [0.4, 0.5) is 8.78 Å². The van der Waals surface area contributed by atoms with Gasteiger partial charge in [0.2, 0.25) is 0 Å². The lowest BCUT2D eigenvalue weighted by molar-refractivity contribution is -0.133. The third-order valence-electron chi connectivity index (χ3n) is 1.70. The van der Waals surface area contributed by atoms with Crippen LogP contribution in [-0.4, -0.2) is 31.6 Å². The average Bonchev–Trinajstić information content (AvgIpc) is 2.06. The zero-order valence-corrected chi connectivity index (χ0v) is 6.56. The van der Waals surface area contributed by atoms with Crippen molar-refractivity contribution in [1.82, 2.24) is 5.32 Å². The van der Waals surface area contributed by atoms with E-state index in [0.29, 0.717) is 13.2 Å². The molecule has 0 unspecified atom stereocenters. The van der Waals surface area contributed by atoms with Gasteiger partial charge in [0, 0.05) is 6.61 Å². The van der Waals surface area contributed by atoms with E-state index in [0.717, 1.165) is 12.8 Å². The maximum absolute atomic E-state index is 11.7. The zero-order chi connectivity index (χ0) is 8.97. The molecular formula is C7H11F2NO2. The minimum absolute atomic E-state index is 0.236. The number of hydrogen-bond donors (Lipinski definition) is 1. The van der Waals surface area contributed by atoms with Crippen LogP contribution < -0.4 is 5.32 Å². The van der Waals surface area contributed by atoms with Crippen LogP contribution in [0.5, 0.6) is 0 Å². The Hall–Kier alpha value is -0.710. The number of rotatable bonds is 2. The molecule has 70 valence electrons. The molecule has 1 atom stereocenters. The molecule has 5 heteroatoms. The van der Waals surface area contributed by atoms with Crippen molar-refractivity contribution in [2.24, 2.45) is 0 Å². The summed E-state index contributed by atoms with van der Waals surface area (Å²) in [6.45, 7) is 1.000. The van der Waals surface area contributed by atoms with Crippen molar-refractivity contribution >= 4 is 5.91 Å². The molecule has 1 rings (SSSR count). The van der Waals surface area contributed by atoms with Gasteiger partial charge in [-0.15, -0.1) is 0 Å². The second kappa shape index (κ2) is 4.35. The van der Waals surface area contributed by atoms with Crippen molar-refractivity contribution in [2.45, 2.75) is 25.3 Å². The number of carbonyl (C=O) groups is 1. The Bertz CT molecular complexity index is 157. The lowest BCUT2D eigenvalue weighted by atomic mass is 10.1. The van der Waals surface area contributed by atoms with Crippen molar-refractivity contribution in [3.63, 3.8) is 0 Å². The quantitative estimate of drug-likeness (QED) is 0.672. The first-order chi connectivity index (χ1) is 5.70. The van der Waals surface area contributed by atoms with E-state index in [1.54, 1.807) is 0 Å². The smallest absolute Gasteiger partial charge is 0.315 e. The van der Waals surface area contributed by atoms with Crippen LogP contribution in [0.25, 0.3) is 0 Å². The Labute approximate surface area is 69.1 Å². The summed E-state index contributed by atoms with van der Waals surface area (Å²) in [6.07, 6.45) is -1.39. The molecule has 1 amide bonds. The number of hydrogen-bond acceptors (Lipinski definition) is 2. The molecule has 0 bridgehead atoms. The number of nitrogens with one attached hydrogen (secondary N) is 1. The van der Waals surface area contributed by atoms with Gasteiger partial charge < -0.3 is 10.1 Å². The minimum atomic E-state index is -2.92. The monoisotopic (exact) mass is 179 g/mol. The van der Waals surface area contributed by atoms with Gasteiger partial charge in [-0.25, -0.2) is 0 Å². The highest BCUT2D eigenvalue weighted by atomic mass is 19.3. The van der Waals surface area contributed by atoms with Gasteiger partial charge in [0.25, 0.3) is 5.91 Å². The normalized spacial score (nSPS) is 24.1. The number of halogens is 2. The molecule has 3 nitrogen and oxygen atoms in total. The van der Waals surface area contributed by atoms with E-state index in [9.17, 15) is 13.6 Å². The third-order valence-corrected chi connectivity index (χ3v) is 1.70. The largest absolute Gasteiger partial charge is 0.379 e. The van der Waals surface area contributed by atoms with Gasteiger partial charge in [-0.3, -0.25) is 4.79 Å². The number of ether oxygens (including phenoxy) is 1. The summed E-state index contributed by atoms with van der Waals surface area (Å²) in [6, 6.07) is -0.236. The second-order valence-electron chi connectivity index (χ2n) is 2.72. The molecule has 1 N–H and O–H groups in total. The maximum Gasteiger partial charge on any atom is 0.315 e.